The number of hydrogen-bond donors (Lipinski definition) is 3. The average molecular weight is 604 g/mol. The van der Waals surface area contributed by atoms with Gasteiger partial charge in [0.25, 0.3) is 11.8 Å². The number of benzene rings is 2. The summed E-state index contributed by atoms with van der Waals surface area (Å²) in [5.74, 6) is -5.32. The molecule has 0 saturated heterocycles. The first-order valence-electron chi connectivity index (χ1n) is 13.9. The second-order valence-electron chi connectivity index (χ2n) is 9.29. The number of nitrogens with two attached hydrogens (primary N) is 1. The quantitative estimate of drug-likeness (QED) is 0.141. The van der Waals surface area contributed by atoms with Crippen LogP contribution < -0.4 is 11.1 Å². The first-order chi connectivity index (χ1) is 19.9. The predicted molar refractivity (Wildman–Crippen MR) is 165 cm³/mol. The lowest BCUT2D eigenvalue weighted by atomic mass is 9.97. The van der Waals surface area contributed by atoms with Crippen molar-refractivity contribution >= 4 is 35.0 Å². The van der Waals surface area contributed by atoms with E-state index in [0.29, 0.717) is 18.8 Å². The van der Waals surface area contributed by atoms with Crippen molar-refractivity contribution in [1.82, 2.24) is 9.80 Å². The van der Waals surface area contributed by atoms with Crippen LogP contribution in [0.1, 0.15) is 74.2 Å². The minimum absolute atomic E-state index is 0.0780. The number of fused-ring (bicyclic) bond motifs is 2. The highest BCUT2D eigenvalue weighted by Gasteiger charge is 2.38. The van der Waals surface area contributed by atoms with Gasteiger partial charge in [0.1, 0.15) is 11.4 Å². The van der Waals surface area contributed by atoms with Gasteiger partial charge in [-0.1, -0.05) is 69.6 Å². The fourth-order valence-electron chi connectivity index (χ4n) is 4.54. The summed E-state index contributed by atoms with van der Waals surface area (Å²) in [7, 11) is 1.62. The summed E-state index contributed by atoms with van der Waals surface area (Å²) in [5.41, 5.74) is 8.27. The Morgan fingerprint density at radius 1 is 1.19 bits per heavy atom. The van der Waals surface area contributed by atoms with Gasteiger partial charge in [0.05, 0.1) is 17.8 Å². The van der Waals surface area contributed by atoms with Crippen molar-refractivity contribution in [3.63, 3.8) is 0 Å². The van der Waals surface area contributed by atoms with Crippen LogP contribution in [0, 0.1) is 0 Å². The van der Waals surface area contributed by atoms with Crippen LogP contribution in [0.5, 0.6) is 0 Å². The molecule has 0 fully saturated rings. The Balaban J connectivity index is 0.00000148. The number of carboxylic acids is 1. The van der Waals surface area contributed by atoms with Crippen molar-refractivity contribution in [1.29, 1.82) is 0 Å². The summed E-state index contributed by atoms with van der Waals surface area (Å²) in [4.78, 5) is 32.8. The van der Waals surface area contributed by atoms with Crippen LogP contribution in [0.4, 0.5) is 14.5 Å². The van der Waals surface area contributed by atoms with Crippen LogP contribution >= 0.6 is 11.6 Å². The van der Waals surface area contributed by atoms with Crippen molar-refractivity contribution in [3.8, 4) is 0 Å². The monoisotopic (exact) mass is 603 g/mol. The maximum absolute atomic E-state index is 14.4. The number of aliphatic carboxylic acids is 1. The number of carboxylic acid groups (broad SMARTS) is 1. The molecular weight excluding hydrogens is 564 g/mol. The summed E-state index contributed by atoms with van der Waals surface area (Å²) >= 11 is 5.94. The van der Waals surface area contributed by atoms with Crippen LogP contribution in [0.15, 0.2) is 64.1 Å². The molecule has 8 nitrogen and oxygen atoms in total. The third-order valence-corrected chi connectivity index (χ3v) is 6.94. The molecule has 2 aliphatic rings. The lowest BCUT2D eigenvalue weighted by molar-refractivity contribution is -0.132. The molecule has 1 atom stereocenters. The van der Waals surface area contributed by atoms with E-state index in [1.54, 1.807) is 14.0 Å². The number of allylic oxidation sites excluding steroid dienone is 3. The highest BCUT2D eigenvalue weighted by molar-refractivity contribution is 6.32. The molecule has 2 heterocycles. The molecule has 0 radical (unpaired) electrons. The van der Waals surface area contributed by atoms with E-state index in [2.05, 4.69) is 15.2 Å². The average Bonchev–Trinajstić information content (AvgIpc) is 3.41. The molecule has 4 rings (SSSR count). The fraction of sp³-hybridized carbons (Fsp3) is 0.387. The number of nitrogens with one attached hydrogen (secondary N) is 1. The van der Waals surface area contributed by atoms with Gasteiger partial charge in [-0.3, -0.25) is 14.7 Å². The van der Waals surface area contributed by atoms with Crippen molar-refractivity contribution < 1.29 is 23.5 Å². The number of alkyl halides is 2. The summed E-state index contributed by atoms with van der Waals surface area (Å²) in [6, 6.07) is 10.4. The van der Waals surface area contributed by atoms with Gasteiger partial charge in [-0.05, 0) is 41.8 Å². The molecule has 0 bridgehead atoms. The fourth-order valence-corrected chi connectivity index (χ4v) is 4.65. The highest BCUT2D eigenvalue weighted by atomic mass is 35.5. The Labute approximate surface area is 251 Å². The molecule has 228 valence electrons. The van der Waals surface area contributed by atoms with Crippen LogP contribution in [0.3, 0.4) is 0 Å². The number of hydrogen-bond acceptors (Lipinski definition) is 5. The number of carbonyl (C=O) groups is 2. The smallest absolute Gasteiger partial charge is 0.339 e. The van der Waals surface area contributed by atoms with Crippen molar-refractivity contribution in [2.75, 3.05) is 12.4 Å². The van der Waals surface area contributed by atoms with Gasteiger partial charge in [0, 0.05) is 37.7 Å². The molecule has 2 aliphatic heterocycles. The van der Waals surface area contributed by atoms with Gasteiger partial charge >= 0.3 is 5.97 Å². The van der Waals surface area contributed by atoms with E-state index in [1.807, 2.05) is 52.0 Å². The summed E-state index contributed by atoms with van der Waals surface area (Å²) in [6.45, 7) is 11.3. The van der Waals surface area contributed by atoms with E-state index in [1.165, 1.54) is 23.1 Å². The lowest BCUT2D eigenvalue weighted by Crippen LogP contribution is -2.55. The molecule has 11 heteroatoms. The number of amidine groups is 1. The number of rotatable bonds is 7. The second kappa shape index (κ2) is 14.9. The van der Waals surface area contributed by atoms with Crippen LogP contribution in [0.2, 0.25) is 0 Å². The number of nitrogens with zero attached hydrogens (tertiary/aromatic N) is 3. The largest absolute Gasteiger partial charge is 0.478 e. The molecule has 42 heavy (non-hydrogen) atoms. The minimum atomic E-state index is -3.23. The van der Waals surface area contributed by atoms with E-state index in [4.69, 9.17) is 17.3 Å². The SMILES string of the molecule is C/C=C(Cl)\C=C(\C(=O)O)C(N)=NCc1cc(C(C)(F)F)cc2c1NC(N1Cc3ccccc3C1)N(C)C2=O.CC.CC. The van der Waals surface area contributed by atoms with Gasteiger partial charge in [0.15, 0.2) is 6.29 Å². The molecule has 4 N–H and O–H groups in total. The summed E-state index contributed by atoms with van der Waals surface area (Å²) < 4.78 is 28.8. The third-order valence-electron chi connectivity index (χ3n) is 6.61. The topological polar surface area (TPSA) is 111 Å². The van der Waals surface area contributed by atoms with E-state index in [9.17, 15) is 23.5 Å². The van der Waals surface area contributed by atoms with E-state index < -0.39 is 24.1 Å². The molecule has 1 unspecified atom stereocenters. The van der Waals surface area contributed by atoms with Gasteiger partial charge in [-0.15, -0.1) is 0 Å². The number of amides is 1. The maximum atomic E-state index is 14.4. The number of halogens is 3. The standard InChI is InChI=1S/C27H28ClF2N5O3.2C2H6/c1-4-19(28)11-21(25(37)38)23(31)32-12-17-9-18(27(2,29)30)10-20-22(17)33-26(34(3)24(20)36)35-13-15-7-5-6-8-16(15)14-35;2*1-2/h4-11,26,33H,12-14H2,1-3H3,(H2,31,32)(H,37,38);2*1-2H3/b19-4+,21-11+;;. The third kappa shape index (κ3) is 7.74. The molecule has 0 aromatic heterocycles. The summed E-state index contributed by atoms with van der Waals surface area (Å²) in [5, 5.41) is 13.0. The maximum Gasteiger partial charge on any atom is 0.339 e. The van der Waals surface area contributed by atoms with Crippen LogP contribution in [0.25, 0.3) is 0 Å². The first kappa shape index (κ1) is 34.4. The number of aliphatic imine (C=N–C) groups is 1. The number of carbonyl (C=O) groups excluding carboxylic acids is 1. The van der Waals surface area contributed by atoms with Gasteiger partial charge < -0.3 is 21.1 Å². The van der Waals surface area contributed by atoms with Crippen molar-refractivity contribution in [3.05, 3.63) is 87.0 Å². The summed E-state index contributed by atoms with van der Waals surface area (Å²) in [6.07, 6.45) is 2.11. The minimum Gasteiger partial charge on any atom is -0.478 e. The van der Waals surface area contributed by atoms with E-state index in [0.717, 1.165) is 24.1 Å². The second-order valence-corrected chi connectivity index (χ2v) is 9.73. The molecule has 0 aliphatic carbocycles. The Hall–Kier alpha value is -3.76. The Bertz CT molecular complexity index is 1360. The first-order valence-corrected chi connectivity index (χ1v) is 14.2. The zero-order chi connectivity index (χ0) is 31.8. The highest BCUT2D eigenvalue weighted by Crippen LogP contribution is 2.38. The van der Waals surface area contributed by atoms with Gasteiger partial charge in [0.2, 0.25) is 0 Å². The Morgan fingerprint density at radius 3 is 2.26 bits per heavy atom. The zero-order valence-corrected chi connectivity index (χ0v) is 25.9. The molecule has 2 aromatic rings. The van der Waals surface area contributed by atoms with Crippen LogP contribution in [-0.4, -0.2) is 46.0 Å². The van der Waals surface area contributed by atoms with E-state index in [-0.39, 0.29) is 39.7 Å². The predicted octanol–water partition coefficient (Wildman–Crippen LogP) is 6.66. The van der Waals surface area contributed by atoms with Gasteiger partial charge in [-0.2, -0.15) is 0 Å². The molecule has 0 saturated carbocycles. The van der Waals surface area contributed by atoms with Gasteiger partial charge in [-0.25, -0.2) is 13.6 Å². The normalized spacial score (nSPS) is 17.3. The van der Waals surface area contributed by atoms with Crippen LogP contribution in [-0.2, 0) is 30.4 Å². The molecule has 2 aromatic carbocycles. The Kier molecular flexibility index (Phi) is 12.2. The number of anilines is 1. The lowest BCUT2D eigenvalue weighted by Gasteiger charge is -2.41. The molecule has 1 amide bonds. The molecular formula is C31H40ClF2N5O3. The Morgan fingerprint density at radius 2 is 1.76 bits per heavy atom. The van der Waals surface area contributed by atoms with Crippen molar-refractivity contribution in [2.24, 2.45) is 10.7 Å². The van der Waals surface area contributed by atoms with Crippen molar-refractivity contribution in [2.45, 2.75) is 73.4 Å². The van der Waals surface area contributed by atoms with E-state index >= 15 is 0 Å². The molecule has 0 spiro atoms. The zero-order valence-electron chi connectivity index (χ0n) is 25.1.